The maximum Gasteiger partial charge on any atom is 0.106 e. The molecule has 0 radical (unpaired) electrons. The highest BCUT2D eigenvalue weighted by molar-refractivity contribution is 5.45. The number of benzene rings is 1. The Morgan fingerprint density at radius 2 is 1.94 bits per heavy atom. The maximum absolute atomic E-state index is 5.96. The summed E-state index contributed by atoms with van der Waals surface area (Å²) in [5.41, 5.74) is 2.49. The topological polar surface area (TPSA) is 12.5 Å². The van der Waals surface area contributed by atoms with E-state index in [9.17, 15) is 0 Å². The van der Waals surface area contributed by atoms with Crippen LogP contribution in [0.5, 0.6) is 0 Å². The highest BCUT2D eigenvalue weighted by Crippen LogP contribution is 2.24. The summed E-state index contributed by atoms with van der Waals surface area (Å²) in [6.45, 7) is 7.38. The Bertz CT molecular complexity index is 370. The number of rotatable bonds is 2. The lowest BCUT2D eigenvalue weighted by Gasteiger charge is -2.34. The van der Waals surface area contributed by atoms with Gasteiger partial charge in [0.05, 0.1) is 12.2 Å². The van der Waals surface area contributed by atoms with Crippen LogP contribution in [0.3, 0.4) is 0 Å². The fourth-order valence-corrected chi connectivity index (χ4v) is 1.83. The Labute approximate surface area is 97.5 Å². The molecule has 2 heteroatoms. The zero-order valence-electron chi connectivity index (χ0n) is 10.2. The van der Waals surface area contributed by atoms with Crippen LogP contribution >= 0.6 is 0 Å². The van der Waals surface area contributed by atoms with Crippen molar-refractivity contribution < 1.29 is 4.84 Å². The number of anilines is 1. The first-order chi connectivity index (χ1) is 7.66. The Morgan fingerprint density at radius 1 is 1.25 bits per heavy atom. The summed E-state index contributed by atoms with van der Waals surface area (Å²) in [4.78, 5) is 5.96. The van der Waals surface area contributed by atoms with Crippen molar-refractivity contribution >= 4 is 5.69 Å². The molecule has 86 valence electrons. The average Bonchev–Trinajstić information content (AvgIpc) is 2.29. The lowest BCUT2D eigenvalue weighted by atomic mass is 10.0. The Kier molecular flexibility index (Phi) is 3.30. The Balaban J connectivity index is 2.17. The lowest BCUT2D eigenvalue weighted by molar-refractivity contribution is 0.0289. The minimum atomic E-state index is 0.189. The van der Waals surface area contributed by atoms with Crippen LogP contribution in [0.1, 0.15) is 20.8 Å². The van der Waals surface area contributed by atoms with E-state index in [-0.39, 0.29) is 6.10 Å². The van der Waals surface area contributed by atoms with E-state index in [1.54, 1.807) is 0 Å². The van der Waals surface area contributed by atoms with E-state index < -0.39 is 0 Å². The molecule has 0 unspecified atom stereocenters. The summed E-state index contributed by atoms with van der Waals surface area (Å²) in [5, 5.41) is 1.99. The van der Waals surface area contributed by atoms with Gasteiger partial charge in [0.1, 0.15) is 6.10 Å². The van der Waals surface area contributed by atoms with Gasteiger partial charge in [0.15, 0.2) is 0 Å². The van der Waals surface area contributed by atoms with Gasteiger partial charge in [-0.15, -0.1) is 0 Å². The number of hydroxylamine groups is 1. The van der Waals surface area contributed by atoms with Gasteiger partial charge in [0.25, 0.3) is 0 Å². The molecule has 0 saturated carbocycles. The minimum Gasteiger partial charge on any atom is -0.265 e. The highest BCUT2D eigenvalue weighted by Gasteiger charge is 2.21. The zero-order chi connectivity index (χ0) is 11.5. The minimum absolute atomic E-state index is 0.189. The van der Waals surface area contributed by atoms with E-state index >= 15 is 0 Å². The summed E-state index contributed by atoms with van der Waals surface area (Å²) < 4.78 is 0. The molecule has 0 spiro atoms. The van der Waals surface area contributed by atoms with Crippen molar-refractivity contribution in [3.63, 3.8) is 0 Å². The van der Waals surface area contributed by atoms with Crippen molar-refractivity contribution in [1.29, 1.82) is 0 Å². The first-order valence-electron chi connectivity index (χ1n) is 5.83. The average molecular weight is 217 g/mol. The predicted octanol–water partition coefficient (Wildman–Crippen LogP) is 3.41. The summed E-state index contributed by atoms with van der Waals surface area (Å²) in [6.07, 6.45) is 2.42. The standard InChI is InChI=1S/C14H19NO/c1-11(2)14-9-12(3)10-15(16-14)13-7-5-4-6-8-13/h4-9,11,14H,10H2,1-3H3/t14-/m0/s1. The van der Waals surface area contributed by atoms with Crippen molar-refractivity contribution in [3.05, 3.63) is 42.0 Å². The largest absolute Gasteiger partial charge is 0.265 e. The van der Waals surface area contributed by atoms with Gasteiger partial charge in [-0.05, 0) is 25.0 Å². The molecule has 16 heavy (non-hydrogen) atoms. The predicted molar refractivity (Wildman–Crippen MR) is 67.3 cm³/mol. The Morgan fingerprint density at radius 3 is 2.56 bits per heavy atom. The SMILES string of the molecule is CC1=C[C@@H](C(C)C)ON(c2ccccc2)C1. The molecule has 1 aliphatic rings. The van der Waals surface area contributed by atoms with Crippen LogP contribution in [0.4, 0.5) is 5.69 Å². The second-order valence-electron chi connectivity index (χ2n) is 4.70. The van der Waals surface area contributed by atoms with Gasteiger partial charge in [-0.2, -0.15) is 0 Å². The highest BCUT2D eigenvalue weighted by atomic mass is 16.7. The summed E-state index contributed by atoms with van der Waals surface area (Å²) in [7, 11) is 0. The molecule has 1 atom stereocenters. The third-order valence-electron chi connectivity index (χ3n) is 2.79. The summed E-state index contributed by atoms with van der Waals surface area (Å²) in [5.74, 6) is 0.501. The first-order valence-corrected chi connectivity index (χ1v) is 5.83. The van der Waals surface area contributed by atoms with Crippen LogP contribution in [0.25, 0.3) is 0 Å². The molecular formula is C14H19NO. The molecule has 2 rings (SSSR count). The molecule has 1 aromatic rings. The van der Waals surface area contributed by atoms with Crippen LogP contribution < -0.4 is 5.06 Å². The van der Waals surface area contributed by atoms with Crippen molar-refractivity contribution in [2.24, 2.45) is 5.92 Å². The van der Waals surface area contributed by atoms with Crippen LogP contribution in [-0.2, 0) is 4.84 Å². The summed E-state index contributed by atoms with van der Waals surface area (Å²) >= 11 is 0. The second-order valence-corrected chi connectivity index (χ2v) is 4.70. The fraction of sp³-hybridized carbons (Fsp3) is 0.429. The van der Waals surface area contributed by atoms with Gasteiger partial charge >= 0.3 is 0 Å². The van der Waals surface area contributed by atoms with Crippen LogP contribution in [0, 0.1) is 5.92 Å². The quantitative estimate of drug-likeness (QED) is 0.704. The van der Waals surface area contributed by atoms with Crippen LogP contribution in [-0.4, -0.2) is 12.6 Å². The van der Waals surface area contributed by atoms with Crippen molar-refractivity contribution in [2.45, 2.75) is 26.9 Å². The molecular weight excluding hydrogens is 198 g/mol. The molecule has 0 aliphatic carbocycles. The molecule has 0 bridgehead atoms. The molecule has 1 aromatic carbocycles. The van der Waals surface area contributed by atoms with Crippen molar-refractivity contribution in [1.82, 2.24) is 0 Å². The monoisotopic (exact) mass is 217 g/mol. The van der Waals surface area contributed by atoms with E-state index in [1.807, 2.05) is 23.3 Å². The normalized spacial score (nSPS) is 21.1. The lowest BCUT2D eigenvalue weighted by Crippen LogP contribution is -2.37. The first kappa shape index (κ1) is 11.2. The van der Waals surface area contributed by atoms with Gasteiger partial charge < -0.3 is 0 Å². The molecule has 0 amide bonds. The molecule has 0 fully saturated rings. The van der Waals surface area contributed by atoms with E-state index in [4.69, 9.17) is 4.84 Å². The van der Waals surface area contributed by atoms with Gasteiger partial charge in [-0.25, -0.2) is 5.06 Å². The van der Waals surface area contributed by atoms with Crippen molar-refractivity contribution in [3.8, 4) is 0 Å². The van der Waals surface area contributed by atoms with E-state index in [0.717, 1.165) is 12.2 Å². The third-order valence-corrected chi connectivity index (χ3v) is 2.79. The number of nitrogens with zero attached hydrogens (tertiary/aromatic N) is 1. The molecule has 1 heterocycles. The second kappa shape index (κ2) is 4.71. The van der Waals surface area contributed by atoms with Gasteiger partial charge in [-0.3, -0.25) is 4.84 Å². The van der Waals surface area contributed by atoms with Crippen molar-refractivity contribution in [2.75, 3.05) is 11.6 Å². The fourth-order valence-electron chi connectivity index (χ4n) is 1.83. The smallest absolute Gasteiger partial charge is 0.106 e. The molecule has 0 N–H and O–H groups in total. The summed E-state index contributed by atoms with van der Waals surface area (Å²) in [6, 6.07) is 10.3. The van der Waals surface area contributed by atoms with Gasteiger partial charge in [0, 0.05) is 0 Å². The molecule has 2 nitrogen and oxygen atoms in total. The third kappa shape index (κ3) is 2.45. The molecule has 0 aromatic heterocycles. The Hall–Kier alpha value is -1.28. The molecule has 1 aliphatic heterocycles. The van der Waals surface area contributed by atoms with Gasteiger partial charge in [-0.1, -0.05) is 43.7 Å². The number of hydrogen-bond acceptors (Lipinski definition) is 2. The number of para-hydroxylation sites is 1. The van der Waals surface area contributed by atoms with Crippen LogP contribution in [0.15, 0.2) is 42.0 Å². The van der Waals surface area contributed by atoms with E-state index in [0.29, 0.717) is 5.92 Å². The zero-order valence-corrected chi connectivity index (χ0v) is 10.2. The van der Waals surface area contributed by atoms with E-state index in [2.05, 4.69) is 39.0 Å². The van der Waals surface area contributed by atoms with Gasteiger partial charge in [0.2, 0.25) is 0 Å². The van der Waals surface area contributed by atoms with E-state index in [1.165, 1.54) is 5.57 Å². The molecule has 0 saturated heterocycles. The maximum atomic E-state index is 5.96. The van der Waals surface area contributed by atoms with Crippen LogP contribution in [0.2, 0.25) is 0 Å². The number of hydrogen-bond donors (Lipinski definition) is 0.